The van der Waals surface area contributed by atoms with Crippen LogP contribution in [-0.2, 0) is 4.79 Å². The standard InChI is InChI=1S/C10H12N4O4/c15-8-4-2-1-3-6(8)12-10(16)9-7(14(17)18)5-11-13-9/h1-4,7,9,11,13,15H,5H2,(H,12,16). The molecule has 4 N–H and O–H groups in total. The minimum absolute atomic E-state index is 0.0753. The van der Waals surface area contributed by atoms with Gasteiger partial charge in [0.2, 0.25) is 5.91 Å². The molecule has 1 aliphatic rings. The molecule has 1 fully saturated rings. The van der Waals surface area contributed by atoms with Crippen LogP contribution < -0.4 is 16.2 Å². The van der Waals surface area contributed by atoms with E-state index in [9.17, 15) is 20.0 Å². The Labute approximate surface area is 102 Å². The molecule has 0 aliphatic carbocycles. The predicted molar refractivity (Wildman–Crippen MR) is 62.4 cm³/mol. The Morgan fingerprint density at radius 3 is 2.89 bits per heavy atom. The number of nitrogens with one attached hydrogen (secondary N) is 3. The number of hydrogen-bond acceptors (Lipinski definition) is 6. The Bertz CT molecular complexity index is 479. The SMILES string of the molecule is O=C(Nc1ccccc1O)C1NNCC1[N+](=O)[O-]. The first-order valence-electron chi connectivity index (χ1n) is 5.30. The van der Waals surface area contributed by atoms with Crippen molar-refractivity contribution in [2.45, 2.75) is 12.1 Å². The second kappa shape index (κ2) is 4.98. The molecule has 1 heterocycles. The second-order valence-electron chi connectivity index (χ2n) is 3.86. The Hall–Kier alpha value is -2.19. The Morgan fingerprint density at radius 1 is 1.50 bits per heavy atom. The van der Waals surface area contributed by atoms with E-state index in [1.165, 1.54) is 12.1 Å². The summed E-state index contributed by atoms with van der Waals surface area (Å²) in [5.74, 6) is -0.655. The van der Waals surface area contributed by atoms with E-state index >= 15 is 0 Å². The zero-order chi connectivity index (χ0) is 13.1. The first-order chi connectivity index (χ1) is 8.59. The maximum atomic E-state index is 11.9. The fourth-order valence-electron chi connectivity index (χ4n) is 1.71. The molecule has 2 atom stereocenters. The third-order valence-corrected chi connectivity index (χ3v) is 2.67. The van der Waals surface area contributed by atoms with E-state index in [4.69, 9.17) is 0 Å². The van der Waals surface area contributed by atoms with Crippen LogP contribution in [0, 0.1) is 10.1 Å². The number of para-hydroxylation sites is 2. The molecule has 2 unspecified atom stereocenters. The molecule has 8 nitrogen and oxygen atoms in total. The van der Waals surface area contributed by atoms with E-state index in [-0.39, 0.29) is 18.0 Å². The molecule has 1 aliphatic heterocycles. The molecule has 0 aromatic heterocycles. The molecule has 96 valence electrons. The molecular weight excluding hydrogens is 240 g/mol. The molecule has 1 aromatic carbocycles. The van der Waals surface area contributed by atoms with Crippen molar-refractivity contribution in [1.82, 2.24) is 10.9 Å². The molecule has 1 amide bonds. The fraction of sp³-hybridized carbons (Fsp3) is 0.300. The number of carbonyl (C=O) groups excluding carboxylic acids is 1. The number of amides is 1. The van der Waals surface area contributed by atoms with Crippen LogP contribution in [0.4, 0.5) is 5.69 Å². The highest BCUT2D eigenvalue weighted by atomic mass is 16.6. The fourth-order valence-corrected chi connectivity index (χ4v) is 1.71. The number of carbonyl (C=O) groups is 1. The molecule has 0 saturated carbocycles. The van der Waals surface area contributed by atoms with E-state index in [2.05, 4.69) is 16.2 Å². The largest absolute Gasteiger partial charge is 0.506 e. The van der Waals surface area contributed by atoms with Crippen LogP contribution in [0.2, 0.25) is 0 Å². The highest BCUT2D eigenvalue weighted by molar-refractivity contribution is 5.96. The van der Waals surface area contributed by atoms with Crippen molar-refractivity contribution in [3.8, 4) is 5.75 Å². The number of rotatable bonds is 3. The smallest absolute Gasteiger partial charge is 0.252 e. The number of aromatic hydroxyl groups is 1. The number of benzene rings is 1. The molecule has 0 bridgehead atoms. The van der Waals surface area contributed by atoms with Crippen molar-refractivity contribution in [3.63, 3.8) is 0 Å². The van der Waals surface area contributed by atoms with Crippen molar-refractivity contribution >= 4 is 11.6 Å². The van der Waals surface area contributed by atoms with Gasteiger partial charge in [0.25, 0.3) is 6.04 Å². The molecule has 18 heavy (non-hydrogen) atoms. The summed E-state index contributed by atoms with van der Waals surface area (Å²) < 4.78 is 0. The highest BCUT2D eigenvalue weighted by Gasteiger charge is 2.41. The van der Waals surface area contributed by atoms with Crippen molar-refractivity contribution in [2.24, 2.45) is 0 Å². The lowest BCUT2D eigenvalue weighted by molar-refractivity contribution is -0.517. The zero-order valence-corrected chi connectivity index (χ0v) is 9.29. The summed E-state index contributed by atoms with van der Waals surface area (Å²) in [7, 11) is 0. The van der Waals surface area contributed by atoms with E-state index < -0.39 is 22.9 Å². The van der Waals surface area contributed by atoms with Crippen molar-refractivity contribution in [3.05, 3.63) is 34.4 Å². The molecule has 0 spiro atoms. The second-order valence-corrected chi connectivity index (χ2v) is 3.86. The van der Waals surface area contributed by atoms with E-state index in [1.807, 2.05) is 0 Å². The Morgan fingerprint density at radius 2 is 2.22 bits per heavy atom. The maximum absolute atomic E-state index is 11.9. The van der Waals surface area contributed by atoms with Crippen molar-refractivity contribution in [1.29, 1.82) is 0 Å². The summed E-state index contributed by atoms with van der Waals surface area (Å²) in [5, 5.41) is 22.7. The van der Waals surface area contributed by atoms with Gasteiger partial charge in [-0.2, -0.15) is 0 Å². The monoisotopic (exact) mass is 252 g/mol. The Balaban J connectivity index is 2.08. The average Bonchev–Trinajstić information content (AvgIpc) is 2.81. The van der Waals surface area contributed by atoms with Crippen LogP contribution in [-0.4, -0.2) is 34.6 Å². The van der Waals surface area contributed by atoms with Gasteiger partial charge in [-0.1, -0.05) is 12.1 Å². The summed E-state index contributed by atoms with van der Waals surface area (Å²) in [6, 6.07) is 4.17. The number of hydrazine groups is 1. The highest BCUT2D eigenvalue weighted by Crippen LogP contribution is 2.22. The minimum atomic E-state index is -1.03. The van der Waals surface area contributed by atoms with Crippen LogP contribution in [0.1, 0.15) is 0 Å². The quantitative estimate of drug-likeness (QED) is 0.326. The molecule has 1 aromatic rings. The number of phenols is 1. The Kier molecular flexibility index (Phi) is 3.40. The first kappa shape index (κ1) is 12.3. The van der Waals surface area contributed by atoms with E-state index in [0.29, 0.717) is 0 Å². The van der Waals surface area contributed by atoms with Gasteiger partial charge in [-0.15, -0.1) is 0 Å². The van der Waals surface area contributed by atoms with Gasteiger partial charge >= 0.3 is 0 Å². The molecule has 8 heteroatoms. The summed E-state index contributed by atoms with van der Waals surface area (Å²) >= 11 is 0. The van der Waals surface area contributed by atoms with Gasteiger partial charge in [-0.3, -0.25) is 14.9 Å². The zero-order valence-electron chi connectivity index (χ0n) is 9.29. The van der Waals surface area contributed by atoms with Crippen molar-refractivity contribution < 1.29 is 14.8 Å². The normalized spacial score (nSPS) is 22.7. The molecule has 2 rings (SSSR count). The van der Waals surface area contributed by atoms with Crippen LogP contribution >= 0.6 is 0 Å². The number of nitro groups is 1. The lowest BCUT2D eigenvalue weighted by Crippen LogP contribution is -2.46. The van der Waals surface area contributed by atoms with Gasteiger partial charge in [0.1, 0.15) is 5.75 Å². The predicted octanol–water partition coefficient (Wildman–Crippen LogP) is -0.548. The number of nitrogens with zero attached hydrogens (tertiary/aromatic N) is 1. The summed E-state index contributed by atoms with van der Waals surface area (Å²) in [4.78, 5) is 22.1. The summed E-state index contributed by atoms with van der Waals surface area (Å²) in [6.07, 6.45) is 0. The third kappa shape index (κ3) is 2.39. The number of anilines is 1. The number of hydrogen-bond donors (Lipinski definition) is 4. The average molecular weight is 252 g/mol. The van der Waals surface area contributed by atoms with Crippen LogP contribution in [0.25, 0.3) is 0 Å². The maximum Gasteiger partial charge on any atom is 0.252 e. The lowest BCUT2D eigenvalue weighted by Gasteiger charge is -2.13. The molecular formula is C10H12N4O4. The number of phenolic OH excluding ortho intramolecular Hbond substituents is 1. The van der Waals surface area contributed by atoms with Gasteiger partial charge in [0.05, 0.1) is 12.2 Å². The van der Waals surface area contributed by atoms with Gasteiger partial charge in [-0.25, -0.2) is 10.9 Å². The first-order valence-corrected chi connectivity index (χ1v) is 5.30. The van der Waals surface area contributed by atoms with Gasteiger partial charge in [0, 0.05) is 4.92 Å². The van der Waals surface area contributed by atoms with Crippen LogP contribution in [0.3, 0.4) is 0 Å². The van der Waals surface area contributed by atoms with Gasteiger partial charge in [-0.05, 0) is 12.1 Å². The van der Waals surface area contributed by atoms with Gasteiger partial charge in [0.15, 0.2) is 6.04 Å². The topological polar surface area (TPSA) is 117 Å². The van der Waals surface area contributed by atoms with Gasteiger partial charge < -0.3 is 10.4 Å². The van der Waals surface area contributed by atoms with Crippen LogP contribution in [0.5, 0.6) is 5.75 Å². The van der Waals surface area contributed by atoms with Crippen molar-refractivity contribution in [2.75, 3.05) is 11.9 Å². The van der Waals surface area contributed by atoms with E-state index in [1.54, 1.807) is 12.1 Å². The lowest BCUT2D eigenvalue weighted by atomic mass is 10.1. The summed E-state index contributed by atoms with van der Waals surface area (Å²) in [5.41, 5.74) is 5.33. The van der Waals surface area contributed by atoms with E-state index in [0.717, 1.165) is 0 Å². The summed E-state index contributed by atoms with van der Waals surface area (Å²) in [6.45, 7) is 0.0753. The third-order valence-electron chi connectivity index (χ3n) is 2.67. The minimum Gasteiger partial charge on any atom is -0.506 e. The van der Waals surface area contributed by atoms with Crippen LogP contribution in [0.15, 0.2) is 24.3 Å². The molecule has 1 saturated heterocycles. The molecule has 0 radical (unpaired) electrons.